The lowest BCUT2D eigenvalue weighted by Gasteiger charge is -2.38. The molecule has 0 aromatic heterocycles. The standard InChI is InChI=1S/C31H30ClN3O8S/c32-21-3-10-28-27(17-21)31(30(37)33-28)11-13-34(14-12-31)15-16-42-23-6-8-25(9-7-23)44(40,41)26-18-24(19-26)43-29(36)20-1-4-22(5-2-20)35(38)39/h1-10,17,24,26H,11-16,18-19H2,(H,33,37). The number of anilines is 1. The van der Waals surface area contributed by atoms with Crippen LogP contribution in [0.2, 0.25) is 5.02 Å². The first-order chi connectivity index (χ1) is 21.0. The Balaban J connectivity index is 0.951. The summed E-state index contributed by atoms with van der Waals surface area (Å²) >= 11 is 6.21. The van der Waals surface area contributed by atoms with E-state index in [-0.39, 0.29) is 34.9 Å². The Morgan fingerprint density at radius 3 is 2.39 bits per heavy atom. The molecule has 13 heteroatoms. The van der Waals surface area contributed by atoms with Gasteiger partial charge in [0.2, 0.25) is 5.91 Å². The van der Waals surface area contributed by atoms with Gasteiger partial charge in [-0.25, -0.2) is 13.2 Å². The number of piperidine rings is 1. The highest BCUT2D eigenvalue weighted by atomic mass is 35.5. The minimum Gasteiger partial charge on any atom is -0.492 e. The van der Waals surface area contributed by atoms with Crippen LogP contribution in [0.25, 0.3) is 0 Å². The quantitative estimate of drug-likeness (QED) is 0.199. The molecule has 1 aliphatic carbocycles. The molecule has 3 aromatic carbocycles. The maximum absolute atomic E-state index is 13.1. The number of benzene rings is 3. The largest absolute Gasteiger partial charge is 0.492 e. The number of nitro groups is 1. The summed E-state index contributed by atoms with van der Waals surface area (Å²) in [6.45, 7) is 2.57. The number of sulfone groups is 1. The van der Waals surface area contributed by atoms with Crippen molar-refractivity contribution in [2.75, 3.05) is 31.6 Å². The average molecular weight is 640 g/mol. The van der Waals surface area contributed by atoms with Crippen LogP contribution in [0.3, 0.4) is 0 Å². The summed E-state index contributed by atoms with van der Waals surface area (Å²) < 4.78 is 37.4. The molecule has 2 aliphatic heterocycles. The minimum absolute atomic E-state index is 0.0291. The van der Waals surface area contributed by atoms with E-state index in [9.17, 15) is 28.1 Å². The van der Waals surface area contributed by atoms with Crippen LogP contribution in [0.4, 0.5) is 11.4 Å². The van der Waals surface area contributed by atoms with Gasteiger partial charge >= 0.3 is 5.97 Å². The van der Waals surface area contributed by atoms with Crippen molar-refractivity contribution in [2.24, 2.45) is 0 Å². The molecule has 1 amide bonds. The molecule has 1 saturated heterocycles. The van der Waals surface area contributed by atoms with Crippen LogP contribution in [0.1, 0.15) is 41.6 Å². The maximum atomic E-state index is 13.1. The highest BCUT2D eigenvalue weighted by Crippen LogP contribution is 2.45. The first-order valence-electron chi connectivity index (χ1n) is 14.3. The first-order valence-corrected chi connectivity index (χ1v) is 16.2. The molecule has 2 heterocycles. The van der Waals surface area contributed by atoms with E-state index in [1.54, 1.807) is 18.2 Å². The Bertz CT molecular complexity index is 1700. The zero-order valence-corrected chi connectivity index (χ0v) is 25.2. The molecule has 1 N–H and O–H groups in total. The molecule has 11 nitrogen and oxygen atoms in total. The molecule has 6 rings (SSSR count). The van der Waals surface area contributed by atoms with Gasteiger partial charge in [0.15, 0.2) is 9.84 Å². The molecule has 0 atom stereocenters. The molecule has 1 saturated carbocycles. The number of amides is 1. The Kier molecular flexibility index (Phi) is 8.08. The van der Waals surface area contributed by atoms with Gasteiger partial charge in [-0.15, -0.1) is 0 Å². The van der Waals surface area contributed by atoms with Crippen LogP contribution in [-0.2, 0) is 24.8 Å². The monoisotopic (exact) mass is 639 g/mol. The van der Waals surface area contributed by atoms with E-state index >= 15 is 0 Å². The second-order valence-electron chi connectivity index (χ2n) is 11.4. The zero-order valence-electron chi connectivity index (χ0n) is 23.6. The Labute approximate surface area is 259 Å². The summed E-state index contributed by atoms with van der Waals surface area (Å²) in [5.74, 6) is -0.0633. The fourth-order valence-electron chi connectivity index (χ4n) is 6.06. The Morgan fingerprint density at radius 2 is 1.73 bits per heavy atom. The van der Waals surface area contributed by atoms with Crippen LogP contribution in [0.5, 0.6) is 5.75 Å². The lowest BCUT2D eigenvalue weighted by molar-refractivity contribution is -0.384. The van der Waals surface area contributed by atoms with Crippen molar-refractivity contribution in [3.8, 4) is 5.75 Å². The number of nitrogens with one attached hydrogen (secondary N) is 1. The molecule has 0 unspecified atom stereocenters. The third-order valence-electron chi connectivity index (χ3n) is 8.80. The first kappa shape index (κ1) is 30.0. The smallest absolute Gasteiger partial charge is 0.338 e. The molecule has 2 fully saturated rings. The van der Waals surface area contributed by atoms with Crippen molar-refractivity contribution in [1.82, 2.24) is 4.90 Å². The Hall–Kier alpha value is -4.00. The maximum Gasteiger partial charge on any atom is 0.338 e. The number of carbonyl (C=O) groups excluding carboxylic acids is 2. The summed E-state index contributed by atoms with van der Waals surface area (Å²) in [7, 11) is -3.62. The number of rotatable bonds is 9. The number of carbonyl (C=O) groups is 2. The average Bonchev–Trinajstić information content (AvgIpc) is 3.25. The molecule has 1 spiro atoms. The van der Waals surface area contributed by atoms with Gasteiger partial charge in [0.05, 0.1) is 26.0 Å². The fourth-order valence-corrected chi connectivity index (χ4v) is 8.07. The molecule has 0 radical (unpaired) electrons. The Morgan fingerprint density at radius 1 is 1.05 bits per heavy atom. The van der Waals surface area contributed by atoms with Crippen LogP contribution >= 0.6 is 11.6 Å². The normalized spacial score (nSPS) is 20.8. The number of nitro benzene ring substituents is 1. The SMILES string of the molecule is O=C(OC1CC(S(=O)(=O)c2ccc(OCCN3CCC4(CC3)C(=O)Nc3ccc(Cl)cc34)cc2)C1)c1ccc([N+](=O)[O-])cc1. The van der Waals surface area contributed by atoms with Crippen molar-refractivity contribution in [3.05, 3.63) is 93.0 Å². The third-order valence-corrected chi connectivity index (χ3v) is 11.2. The van der Waals surface area contributed by atoms with Crippen LogP contribution in [-0.4, -0.2) is 67.7 Å². The zero-order chi connectivity index (χ0) is 31.1. The molecule has 3 aliphatic rings. The number of non-ortho nitro benzene ring substituents is 1. The number of ether oxygens (including phenoxy) is 2. The van der Waals surface area contributed by atoms with Gasteiger partial charge in [-0.3, -0.25) is 19.8 Å². The van der Waals surface area contributed by atoms with Crippen LogP contribution < -0.4 is 10.1 Å². The van der Waals surface area contributed by atoms with Crippen molar-refractivity contribution < 1.29 is 32.4 Å². The fraction of sp³-hybridized carbons (Fsp3) is 0.355. The summed E-state index contributed by atoms with van der Waals surface area (Å²) in [6, 6.07) is 16.9. The molecular weight excluding hydrogens is 610 g/mol. The number of hydrogen-bond donors (Lipinski definition) is 1. The van der Waals surface area contributed by atoms with Crippen molar-refractivity contribution in [3.63, 3.8) is 0 Å². The number of esters is 1. The van der Waals surface area contributed by atoms with Gasteiger partial charge in [0, 0.05) is 42.2 Å². The molecule has 0 bridgehead atoms. The van der Waals surface area contributed by atoms with E-state index in [1.165, 1.54) is 36.4 Å². The topological polar surface area (TPSA) is 145 Å². The summed E-state index contributed by atoms with van der Waals surface area (Å²) in [6.07, 6.45) is 1.20. The van der Waals surface area contributed by atoms with Crippen molar-refractivity contribution >= 4 is 44.7 Å². The summed E-state index contributed by atoms with van der Waals surface area (Å²) in [5, 5.41) is 13.7. The molecule has 44 heavy (non-hydrogen) atoms. The second kappa shape index (κ2) is 11.8. The number of likely N-dealkylation sites (tertiary alicyclic amines) is 1. The number of fused-ring (bicyclic) bond motifs is 2. The lowest BCUT2D eigenvalue weighted by atomic mass is 9.73. The molecular formula is C31H30ClN3O8S. The highest BCUT2D eigenvalue weighted by molar-refractivity contribution is 7.92. The van der Waals surface area contributed by atoms with E-state index in [2.05, 4.69) is 10.2 Å². The van der Waals surface area contributed by atoms with E-state index in [0.717, 1.165) is 24.3 Å². The summed E-state index contributed by atoms with van der Waals surface area (Å²) in [5.41, 5.74) is 1.29. The predicted molar refractivity (Wildman–Crippen MR) is 162 cm³/mol. The predicted octanol–water partition coefficient (Wildman–Crippen LogP) is 4.77. The van der Waals surface area contributed by atoms with Crippen molar-refractivity contribution in [1.29, 1.82) is 0 Å². The van der Waals surface area contributed by atoms with E-state index < -0.39 is 37.5 Å². The van der Waals surface area contributed by atoms with Gasteiger partial charge in [0.1, 0.15) is 18.5 Å². The van der Waals surface area contributed by atoms with Gasteiger partial charge in [0.25, 0.3) is 5.69 Å². The number of nitrogens with zero attached hydrogens (tertiary/aromatic N) is 2. The van der Waals surface area contributed by atoms with Crippen molar-refractivity contribution in [2.45, 2.75) is 47.3 Å². The summed E-state index contributed by atoms with van der Waals surface area (Å²) in [4.78, 5) is 37.8. The van der Waals surface area contributed by atoms with Gasteiger partial charge in [-0.1, -0.05) is 11.6 Å². The van der Waals surface area contributed by atoms with Crippen LogP contribution in [0.15, 0.2) is 71.6 Å². The molecule has 3 aromatic rings. The number of hydrogen-bond acceptors (Lipinski definition) is 9. The minimum atomic E-state index is -3.62. The van der Waals surface area contributed by atoms with E-state index in [0.29, 0.717) is 36.8 Å². The number of halogens is 1. The molecule has 230 valence electrons. The van der Waals surface area contributed by atoms with E-state index in [1.807, 2.05) is 12.1 Å². The van der Waals surface area contributed by atoms with Gasteiger partial charge in [-0.2, -0.15) is 0 Å². The highest BCUT2D eigenvalue weighted by Gasteiger charge is 2.48. The van der Waals surface area contributed by atoms with E-state index in [4.69, 9.17) is 21.1 Å². The second-order valence-corrected chi connectivity index (χ2v) is 14.0. The lowest BCUT2D eigenvalue weighted by Crippen LogP contribution is -2.47. The van der Waals surface area contributed by atoms with Gasteiger partial charge < -0.3 is 14.8 Å². The van der Waals surface area contributed by atoms with Crippen LogP contribution in [0, 0.1) is 10.1 Å². The van der Waals surface area contributed by atoms with Gasteiger partial charge in [-0.05, 0) is 86.1 Å². The third kappa shape index (κ3) is 5.76.